The number of hydrogen-bond donors (Lipinski definition) is 2. The van der Waals surface area contributed by atoms with Gasteiger partial charge in [-0.05, 0) is 44.9 Å². The fraction of sp³-hybridized carbons (Fsp3) is 0.500. The van der Waals surface area contributed by atoms with Crippen molar-refractivity contribution in [1.29, 1.82) is 0 Å². The Morgan fingerprint density at radius 3 is 2.20 bits per heavy atom. The highest BCUT2D eigenvalue weighted by Gasteiger charge is 2.52. The molecule has 1 aliphatic rings. The maximum absolute atomic E-state index is 13.5. The molecule has 1 aromatic carbocycles. The lowest BCUT2D eigenvalue weighted by Crippen LogP contribution is -2.57. The van der Waals surface area contributed by atoms with Crippen LogP contribution in [0.4, 0.5) is 8.78 Å². The summed E-state index contributed by atoms with van der Waals surface area (Å²) in [6, 6.07) is 5.91. The molecule has 1 aromatic heterocycles. The van der Waals surface area contributed by atoms with Crippen LogP contribution < -0.4 is 5.48 Å². The molecule has 1 saturated heterocycles. The van der Waals surface area contributed by atoms with Gasteiger partial charge in [0.05, 0.1) is 22.5 Å². The highest BCUT2D eigenvalue weighted by Crippen LogP contribution is 2.36. The molecule has 13 heteroatoms. The van der Waals surface area contributed by atoms with Crippen LogP contribution in [0.5, 0.6) is 0 Å². The fourth-order valence-electron chi connectivity index (χ4n) is 3.96. The zero-order chi connectivity index (χ0) is 24.3. The molecule has 3 rings (SSSR count). The number of nitrogens with one attached hydrogen (secondary N) is 1. The molecular weight excluding hydrogens is 525 g/mol. The van der Waals surface area contributed by atoms with E-state index in [-0.39, 0.29) is 55.4 Å². The number of sulfone groups is 1. The first-order chi connectivity index (χ1) is 15.5. The van der Waals surface area contributed by atoms with E-state index in [4.69, 9.17) is 0 Å². The molecule has 1 fully saturated rings. The standard InChI is InChI=1S/C22H28F2N4O4S.2ClH/c1-3-28-12-10-22(11-13-28,20(29)27-30)33(31,32)18-6-4-16(5-7-18)19-15-25-17(14-26-19)8-9-21(2,23)24;;/h4-7,14-15,30H,3,8-13H2,1-2H3,(H,27,29);2*1H. The molecule has 2 heterocycles. The fourth-order valence-corrected chi connectivity index (χ4v) is 5.92. The van der Waals surface area contributed by atoms with Crippen LogP contribution in [-0.2, 0) is 21.1 Å². The van der Waals surface area contributed by atoms with Crippen LogP contribution >= 0.6 is 24.8 Å². The molecule has 0 unspecified atom stereocenters. The minimum atomic E-state index is -4.10. The lowest BCUT2D eigenvalue weighted by molar-refractivity contribution is -0.133. The summed E-state index contributed by atoms with van der Waals surface area (Å²) in [6.45, 7) is 4.40. The van der Waals surface area contributed by atoms with E-state index in [1.807, 2.05) is 11.8 Å². The van der Waals surface area contributed by atoms with Crippen molar-refractivity contribution in [1.82, 2.24) is 20.3 Å². The molecule has 0 saturated carbocycles. The van der Waals surface area contributed by atoms with Gasteiger partial charge in [0.15, 0.2) is 14.6 Å². The molecule has 2 aromatic rings. The minimum absolute atomic E-state index is 0. The lowest BCUT2D eigenvalue weighted by atomic mass is 9.95. The first-order valence-electron chi connectivity index (χ1n) is 10.7. The Labute approximate surface area is 216 Å². The number of nitrogens with zero attached hydrogens (tertiary/aromatic N) is 3. The van der Waals surface area contributed by atoms with Gasteiger partial charge >= 0.3 is 0 Å². The normalized spacial score (nSPS) is 16.0. The molecular formula is C22H30Cl2F2N4O4S. The number of aryl methyl sites for hydroxylation is 1. The summed E-state index contributed by atoms with van der Waals surface area (Å²) in [4.78, 5) is 22.9. The Balaban J connectivity index is 0.00000306. The molecule has 1 aliphatic heterocycles. The third-order valence-corrected chi connectivity index (χ3v) is 8.64. The number of carbonyl (C=O) groups excluding carboxylic acids is 1. The van der Waals surface area contributed by atoms with Crippen LogP contribution in [0, 0.1) is 0 Å². The molecule has 0 atom stereocenters. The van der Waals surface area contributed by atoms with E-state index in [1.54, 1.807) is 17.6 Å². The molecule has 0 spiro atoms. The van der Waals surface area contributed by atoms with Crippen molar-refractivity contribution in [3.05, 3.63) is 42.4 Å². The highest BCUT2D eigenvalue weighted by molar-refractivity contribution is 7.93. The Hall–Kier alpha value is -1.92. The SMILES string of the molecule is CCN1CCC(C(=O)NO)(S(=O)(=O)c2ccc(-c3cnc(CCC(C)(F)F)cn3)cc2)CC1.Cl.Cl. The maximum atomic E-state index is 13.5. The summed E-state index contributed by atoms with van der Waals surface area (Å²) >= 11 is 0. The first-order valence-corrected chi connectivity index (χ1v) is 12.2. The van der Waals surface area contributed by atoms with Gasteiger partial charge in [0.1, 0.15) is 0 Å². The van der Waals surface area contributed by atoms with Crippen molar-refractivity contribution in [2.24, 2.45) is 0 Å². The molecule has 196 valence electrons. The Kier molecular flexibility index (Phi) is 11.0. The third kappa shape index (κ3) is 6.85. The number of amides is 1. The average Bonchev–Trinajstić information content (AvgIpc) is 2.82. The summed E-state index contributed by atoms with van der Waals surface area (Å²) in [5, 5.41) is 9.25. The van der Waals surface area contributed by atoms with Gasteiger partial charge < -0.3 is 4.90 Å². The van der Waals surface area contributed by atoms with Gasteiger partial charge in [0.25, 0.3) is 5.91 Å². The zero-order valence-electron chi connectivity index (χ0n) is 19.4. The Bertz CT molecular complexity index is 1070. The molecule has 1 amide bonds. The number of piperidine rings is 1. The molecule has 35 heavy (non-hydrogen) atoms. The van der Waals surface area contributed by atoms with E-state index >= 15 is 0 Å². The second-order valence-electron chi connectivity index (χ2n) is 8.36. The molecule has 2 N–H and O–H groups in total. The van der Waals surface area contributed by atoms with Crippen LogP contribution in [0.2, 0.25) is 0 Å². The van der Waals surface area contributed by atoms with Crippen LogP contribution in [-0.4, -0.2) is 64.7 Å². The number of rotatable bonds is 8. The third-order valence-electron chi connectivity index (χ3n) is 6.13. The van der Waals surface area contributed by atoms with Crippen LogP contribution in [0.1, 0.15) is 38.8 Å². The maximum Gasteiger partial charge on any atom is 0.265 e. The number of hydroxylamine groups is 1. The van der Waals surface area contributed by atoms with Crippen molar-refractivity contribution in [3.8, 4) is 11.3 Å². The number of hydrogen-bond acceptors (Lipinski definition) is 7. The Morgan fingerprint density at radius 2 is 1.74 bits per heavy atom. The molecule has 0 bridgehead atoms. The molecule has 0 aliphatic carbocycles. The summed E-state index contributed by atoms with van der Waals surface area (Å²) in [5.74, 6) is -3.71. The largest absolute Gasteiger partial charge is 0.303 e. The van der Waals surface area contributed by atoms with E-state index in [2.05, 4.69) is 9.97 Å². The van der Waals surface area contributed by atoms with E-state index in [9.17, 15) is 27.2 Å². The quantitative estimate of drug-likeness (QED) is 0.377. The number of likely N-dealkylation sites (tertiary alicyclic amines) is 1. The number of carbonyl (C=O) groups is 1. The van der Waals surface area contributed by atoms with Crippen LogP contribution in [0.25, 0.3) is 11.3 Å². The van der Waals surface area contributed by atoms with Crippen molar-refractivity contribution >= 4 is 40.6 Å². The van der Waals surface area contributed by atoms with Crippen molar-refractivity contribution in [3.63, 3.8) is 0 Å². The van der Waals surface area contributed by atoms with Gasteiger partial charge in [-0.2, -0.15) is 0 Å². The number of halogens is 4. The zero-order valence-corrected chi connectivity index (χ0v) is 21.9. The topological polar surface area (TPSA) is 112 Å². The number of aromatic nitrogens is 2. The number of alkyl halides is 2. The average molecular weight is 555 g/mol. The molecule has 8 nitrogen and oxygen atoms in total. The number of benzene rings is 1. The van der Waals surface area contributed by atoms with Gasteiger partial charge in [-0.25, -0.2) is 22.7 Å². The first kappa shape index (κ1) is 31.1. The van der Waals surface area contributed by atoms with Gasteiger partial charge in [-0.1, -0.05) is 19.1 Å². The van der Waals surface area contributed by atoms with Crippen molar-refractivity contribution in [2.45, 2.75) is 55.1 Å². The van der Waals surface area contributed by atoms with E-state index in [1.165, 1.54) is 24.5 Å². The second kappa shape index (κ2) is 12.4. The predicted octanol–water partition coefficient (Wildman–Crippen LogP) is 3.71. The van der Waals surface area contributed by atoms with E-state index in [0.29, 0.717) is 30.0 Å². The summed E-state index contributed by atoms with van der Waals surface area (Å²) in [7, 11) is -4.10. The van der Waals surface area contributed by atoms with Gasteiger partial charge in [0, 0.05) is 31.3 Å². The minimum Gasteiger partial charge on any atom is -0.303 e. The van der Waals surface area contributed by atoms with Gasteiger partial charge in [-0.15, -0.1) is 24.8 Å². The lowest BCUT2D eigenvalue weighted by Gasteiger charge is -2.39. The second-order valence-corrected chi connectivity index (χ2v) is 10.6. The summed E-state index contributed by atoms with van der Waals surface area (Å²) < 4.78 is 51.2. The summed E-state index contributed by atoms with van der Waals surface area (Å²) in [5.41, 5.74) is 3.04. The van der Waals surface area contributed by atoms with Crippen LogP contribution in [0.15, 0.2) is 41.6 Å². The van der Waals surface area contributed by atoms with Crippen molar-refractivity contribution in [2.75, 3.05) is 19.6 Å². The molecule has 0 radical (unpaired) electrons. The van der Waals surface area contributed by atoms with E-state index in [0.717, 1.165) is 13.5 Å². The summed E-state index contributed by atoms with van der Waals surface area (Å²) in [6.07, 6.45) is 2.79. The van der Waals surface area contributed by atoms with Gasteiger partial charge in [-0.3, -0.25) is 20.0 Å². The smallest absolute Gasteiger partial charge is 0.265 e. The van der Waals surface area contributed by atoms with Gasteiger partial charge in [0.2, 0.25) is 5.92 Å². The van der Waals surface area contributed by atoms with Crippen LogP contribution in [0.3, 0.4) is 0 Å². The monoisotopic (exact) mass is 554 g/mol. The predicted molar refractivity (Wildman–Crippen MR) is 132 cm³/mol. The highest BCUT2D eigenvalue weighted by atomic mass is 35.5. The van der Waals surface area contributed by atoms with Crippen molar-refractivity contribution < 1.29 is 27.2 Å². The Morgan fingerprint density at radius 1 is 1.14 bits per heavy atom. The van der Waals surface area contributed by atoms with E-state index < -0.39 is 26.4 Å².